The van der Waals surface area contributed by atoms with Gasteiger partial charge in [0.15, 0.2) is 0 Å². The van der Waals surface area contributed by atoms with E-state index in [1.807, 2.05) is 30.3 Å². The highest BCUT2D eigenvalue weighted by atomic mass is 35.5. The van der Waals surface area contributed by atoms with Gasteiger partial charge in [0.2, 0.25) is 0 Å². The molecule has 2 rings (SSSR count). The summed E-state index contributed by atoms with van der Waals surface area (Å²) < 4.78 is 0. The Balaban J connectivity index is 0.00000242. The Morgan fingerprint density at radius 1 is 1.05 bits per heavy atom. The van der Waals surface area contributed by atoms with Crippen LogP contribution in [0.4, 0.5) is 0 Å². The lowest BCUT2D eigenvalue weighted by Gasteiger charge is -2.16. The van der Waals surface area contributed by atoms with Crippen LogP contribution in [0, 0.1) is 0 Å². The molecule has 2 atom stereocenters. The second-order valence-electron chi connectivity index (χ2n) is 5.40. The van der Waals surface area contributed by atoms with E-state index in [4.69, 9.17) is 11.6 Å². The standard InChI is InChI=1S/C18H22ClNO.ClH/c1-14(13-15-5-3-2-4-6-15)20-12-11-18(21)16-7-9-17(19)10-8-16;/h2-10,14,18,20-21H,11-13H2,1H3;1H. The highest BCUT2D eigenvalue weighted by molar-refractivity contribution is 6.30. The molecule has 2 aromatic carbocycles. The minimum Gasteiger partial charge on any atom is -0.388 e. The predicted molar refractivity (Wildman–Crippen MR) is 95.9 cm³/mol. The van der Waals surface area contributed by atoms with Crippen LogP contribution in [0.1, 0.15) is 30.6 Å². The van der Waals surface area contributed by atoms with Crippen LogP contribution in [0.15, 0.2) is 54.6 Å². The van der Waals surface area contributed by atoms with E-state index in [0.717, 1.165) is 18.5 Å². The third-order valence-electron chi connectivity index (χ3n) is 3.55. The lowest BCUT2D eigenvalue weighted by atomic mass is 10.1. The highest BCUT2D eigenvalue weighted by Gasteiger charge is 2.08. The summed E-state index contributed by atoms with van der Waals surface area (Å²) in [4.78, 5) is 0. The van der Waals surface area contributed by atoms with Crippen molar-refractivity contribution in [3.05, 3.63) is 70.7 Å². The molecule has 2 aromatic rings. The van der Waals surface area contributed by atoms with Crippen molar-refractivity contribution in [1.82, 2.24) is 5.32 Å². The Morgan fingerprint density at radius 2 is 1.68 bits per heavy atom. The number of hydrogen-bond donors (Lipinski definition) is 2. The van der Waals surface area contributed by atoms with Gasteiger partial charge in [-0.15, -0.1) is 12.4 Å². The molecule has 0 aliphatic carbocycles. The molecule has 0 fully saturated rings. The highest BCUT2D eigenvalue weighted by Crippen LogP contribution is 2.18. The molecule has 2 nitrogen and oxygen atoms in total. The first-order chi connectivity index (χ1) is 10.1. The lowest BCUT2D eigenvalue weighted by Crippen LogP contribution is -2.29. The van der Waals surface area contributed by atoms with Gasteiger partial charge in [0.05, 0.1) is 6.10 Å². The van der Waals surface area contributed by atoms with Gasteiger partial charge in [-0.3, -0.25) is 0 Å². The van der Waals surface area contributed by atoms with Crippen molar-refractivity contribution in [3.8, 4) is 0 Å². The zero-order chi connectivity index (χ0) is 15.1. The Hall–Kier alpha value is -1.06. The van der Waals surface area contributed by atoms with Crippen molar-refractivity contribution in [2.75, 3.05) is 6.54 Å². The van der Waals surface area contributed by atoms with Gasteiger partial charge >= 0.3 is 0 Å². The number of aliphatic hydroxyl groups excluding tert-OH is 1. The molecular formula is C18H23Cl2NO. The summed E-state index contributed by atoms with van der Waals surface area (Å²) in [6.45, 7) is 2.96. The van der Waals surface area contributed by atoms with Gasteiger partial charge in [-0.25, -0.2) is 0 Å². The van der Waals surface area contributed by atoms with Crippen LogP contribution in [0.25, 0.3) is 0 Å². The summed E-state index contributed by atoms with van der Waals surface area (Å²) >= 11 is 5.85. The van der Waals surface area contributed by atoms with E-state index < -0.39 is 6.10 Å². The molecule has 0 aliphatic rings. The summed E-state index contributed by atoms with van der Waals surface area (Å²) in [6.07, 6.45) is 1.25. The number of halogens is 2. The topological polar surface area (TPSA) is 32.3 Å². The van der Waals surface area contributed by atoms with E-state index >= 15 is 0 Å². The SMILES string of the molecule is CC(Cc1ccccc1)NCCC(O)c1ccc(Cl)cc1.Cl. The largest absolute Gasteiger partial charge is 0.388 e. The van der Waals surface area contributed by atoms with Crippen LogP contribution in [-0.2, 0) is 6.42 Å². The van der Waals surface area contributed by atoms with Crippen molar-refractivity contribution in [2.24, 2.45) is 0 Å². The monoisotopic (exact) mass is 339 g/mol. The van der Waals surface area contributed by atoms with E-state index in [-0.39, 0.29) is 12.4 Å². The van der Waals surface area contributed by atoms with Gasteiger partial charge < -0.3 is 10.4 Å². The molecule has 0 bridgehead atoms. The van der Waals surface area contributed by atoms with E-state index in [1.54, 1.807) is 0 Å². The van der Waals surface area contributed by atoms with Crippen molar-refractivity contribution >= 4 is 24.0 Å². The number of rotatable bonds is 7. The molecule has 22 heavy (non-hydrogen) atoms. The van der Waals surface area contributed by atoms with Crippen molar-refractivity contribution in [1.29, 1.82) is 0 Å². The molecule has 0 spiro atoms. The van der Waals surface area contributed by atoms with E-state index in [0.29, 0.717) is 17.5 Å². The molecule has 120 valence electrons. The normalized spacial score (nSPS) is 13.2. The second kappa shape index (κ2) is 9.86. The van der Waals surface area contributed by atoms with Gasteiger partial charge in [0.25, 0.3) is 0 Å². The van der Waals surface area contributed by atoms with E-state index in [1.165, 1.54) is 5.56 Å². The fraction of sp³-hybridized carbons (Fsp3) is 0.333. The fourth-order valence-electron chi connectivity index (χ4n) is 2.36. The zero-order valence-electron chi connectivity index (χ0n) is 12.7. The first-order valence-electron chi connectivity index (χ1n) is 7.36. The van der Waals surface area contributed by atoms with Crippen LogP contribution < -0.4 is 5.32 Å². The molecule has 0 saturated heterocycles. The Bertz CT molecular complexity index is 531. The van der Waals surface area contributed by atoms with Crippen LogP contribution in [0.3, 0.4) is 0 Å². The molecule has 0 heterocycles. The first-order valence-corrected chi connectivity index (χ1v) is 7.74. The quantitative estimate of drug-likeness (QED) is 0.783. The van der Waals surface area contributed by atoms with Crippen molar-refractivity contribution < 1.29 is 5.11 Å². The third kappa shape index (κ3) is 6.37. The molecule has 0 radical (unpaired) electrons. The van der Waals surface area contributed by atoms with Crippen LogP contribution in [0.5, 0.6) is 0 Å². The van der Waals surface area contributed by atoms with E-state index in [2.05, 4.69) is 36.5 Å². The Labute approximate surface area is 143 Å². The molecule has 0 saturated carbocycles. The summed E-state index contributed by atoms with van der Waals surface area (Å²) in [7, 11) is 0. The van der Waals surface area contributed by atoms with Crippen LogP contribution >= 0.6 is 24.0 Å². The number of benzene rings is 2. The minimum absolute atomic E-state index is 0. The summed E-state index contributed by atoms with van der Waals surface area (Å²) in [6, 6.07) is 18.2. The molecule has 4 heteroatoms. The smallest absolute Gasteiger partial charge is 0.0802 e. The minimum atomic E-state index is -0.446. The predicted octanol–water partition coefficient (Wildman–Crippen LogP) is 4.41. The maximum atomic E-state index is 10.1. The molecule has 0 amide bonds. The molecular weight excluding hydrogens is 317 g/mol. The Morgan fingerprint density at radius 3 is 2.32 bits per heavy atom. The number of nitrogens with one attached hydrogen (secondary N) is 1. The third-order valence-corrected chi connectivity index (χ3v) is 3.80. The molecule has 2 unspecified atom stereocenters. The lowest BCUT2D eigenvalue weighted by molar-refractivity contribution is 0.165. The van der Waals surface area contributed by atoms with Crippen LogP contribution in [0.2, 0.25) is 5.02 Å². The van der Waals surface area contributed by atoms with Gasteiger partial charge in [0, 0.05) is 11.1 Å². The number of aliphatic hydroxyl groups is 1. The summed E-state index contributed by atoms with van der Waals surface area (Å²) in [5, 5.41) is 14.3. The van der Waals surface area contributed by atoms with Gasteiger partial charge in [0.1, 0.15) is 0 Å². The van der Waals surface area contributed by atoms with Crippen LogP contribution in [-0.4, -0.2) is 17.7 Å². The fourth-order valence-corrected chi connectivity index (χ4v) is 2.48. The zero-order valence-corrected chi connectivity index (χ0v) is 14.3. The van der Waals surface area contributed by atoms with Crippen molar-refractivity contribution in [2.45, 2.75) is 31.9 Å². The van der Waals surface area contributed by atoms with Crippen molar-refractivity contribution in [3.63, 3.8) is 0 Å². The Kier molecular flexibility index (Phi) is 8.51. The first kappa shape index (κ1) is 19.0. The molecule has 0 aliphatic heterocycles. The molecule has 2 N–H and O–H groups in total. The number of hydrogen-bond acceptors (Lipinski definition) is 2. The summed E-state index contributed by atoms with van der Waals surface area (Å²) in [5.41, 5.74) is 2.24. The molecule has 0 aromatic heterocycles. The van der Waals surface area contributed by atoms with Gasteiger partial charge in [-0.2, -0.15) is 0 Å². The second-order valence-corrected chi connectivity index (χ2v) is 5.84. The maximum Gasteiger partial charge on any atom is 0.0802 e. The van der Waals surface area contributed by atoms with Gasteiger partial charge in [-0.05, 0) is 49.6 Å². The maximum absolute atomic E-state index is 10.1. The van der Waals surface area contributed by atoms with Gasteiger partial charge in [-0.1, -0.05) is 54.1 Å². The average molecular weight is 340 g/mol. The average Bonchev–Trinajstić information content (AvgIpc) is 2.49. The van der Waals surface area contributed by atoms with E-state index in [9.17, 15) is 5.11 Å². The summed E-state index contributed by atoms with van der Waals surface area (Å²) in [5.74, 6) is 0.